The summed E-state index contributed by atoms with van der Waals surface area (Å²) in [7, 11) is 0. The van der Waals surface area contributed by atoms with Crippen molar-refractivity contribution in [1.29, 1.82) is 0 Å². The Morgan fingerprint density at radius 1 is 1.24 bits per heavy atom. The van der Waals surface area contributed by atoms with Crippen LogP contribution >= 0.6 is 11.8 Å². The van der Waals surface area contributed by atoms with Crippen molar-refractivity contribution in [3.8, 4) is 0 Å². The van der Waals surface area contributed by atoms with Gasteiger partial charge in [0.25, 0.3) is 0 Å². The molecule has 1 N–H and O–H groups in total. The van der Waals surface area contributed by atoms with Crippen molar-refractivity contribution in [2.45, 2.75) is 77.6 Å². The van der Waals surface area contributed by atoms with E-state index >= 15 is 0 Å². The molecule has 6 heteroatoms. The number of carbonyl (C=O) groups is 1. The van der Waals surface area contributed by atoms with Gasteiger partial charge >= 0.3 is 0 Å². The largest absolute Gasteiger partial charge is 0.372 e. The maximum Gasteiger partial charge on any atom is 0.236 e. The number of amides is 1. The summed E-state index contributed by atoms with van der Waals surface area (Å²) in [5, 5.41) is 4.13. The van der Waals surface area contributed by atoms with E-state index in [0.717, 1.165) is 57.6 Å². The van der Waals surface area contributed by atoms with E-state index < -0.39 is 0 Å². The molecule has 1 saturated carbocycles. The molecular formula is C27H46N4OS. The van der Waals surface area contributed by atoms with Gasteiger partial charge in [0.15, 0.2) is 0 Å². The molecule has 5 nitrogen and oxygen atoms in total. The van der Waals surface area contributed by atoms with Gasteiger partial charge in [-0.1, -0.05) is 50.6 Å². The summed E-state index contributed by atoms with van der Waals surface area (Å²) in [5.74, 6) is 1.08. The van der Waals surface area contributed by atoms with Crippen molar-refractivity contribution in [2.24, 2.45) is 5.92 Å². The van der Waals surface area contributed by atoms with Gasteiger partial charge in [0.1, 0.15) is 0 Å². The molecule has 4 rings (SSSR count). The number of nitrogens with one attached hydrogen (secondary N) is 1. The Kier molecular flexibility index (Phi) is 10.4. The monoisotopic (exact) mass is 474 g/mol. The summed E-state index contributed by atoms with van der Waals surface area (Å²) in [6.45, 7) is 18.5. The molecule has 1 aliphatic carbocycles. The SMILES string of the molecule is C=CC.CCC(C)C/C=C(\C)C1NC2=C(CN(CC(=O)N3CCN(C4CCC4)CC3)CC2)S1. The minimum Gasteiger partial charge on any atom is -0.372 e. The Morgan fingerprint density at radius 2 is 1.94 bits per heavy atom. The zero-order valence-electron chi connectivity index (χ0n) is 21.4. The molecule has 0 aromatic heterocycles. The van der Waals surface area contributed by atoms with Crippen LogP contribution in [0.15, 0.2) is 34.9 Å². The number of hydrogen-bond acceptors (Lipinski definition) is 5. The number of hydrogen-bond donors (Lipinski definition) is 1. The van der Waals surface area contributed by atoms with E-state index in [4.69, 9.17) is 0 Å². The summed E-state index contributed by atoms with van der Waals surface area (Å²) in [6.07, 6.45) is 11.7. The molecule has 0 bridgehead atoms. The first-order valence-electron chi connectivity index (χ1n) is 13.1. The predicted octanol–water partition coefficient (Wildman–Crippen LogP) is 4.84. The van der Waals surface area contributed by atoms with Gasteiger partial charge in [0.05, 0.1) is 11.9 Å². The van der Waals surface area contributed by atoms with Gasteiger partial charge < -0.3 is 10.2 Å². The first-order chi connectivity index (χ1) is 15.9. The topological polar surface area (TPSA) is 38.8 Å². The fourth-order valence-electron chi connectivity index (χ4n) is 4.76. The minimum absolute atomic E-state index is 0.324. The van der Waals surface area contributed by atoms with Gasteiger partial charge in [-0.05, 0) is 44.6 Å². The van der Waals surface area contributed by atoms with Crippen LogP contribution in [0, 0.1) is 5.92 Å². The lowest BCUT2D eigenvalue weighted by atomic mass is 9.91. The molecule has 1 amide bonds. The standard InChI is InChI=1S/C24H40N4OS.C3H6/c1-4-18(2)8-9-19(3)24-25-21-10-11-26(16-22(21)30-24)17-23(29)28-14-12-27(13-15-28)20-6-5-7-20;1-3-2/h9,18,20,24-25H,4-8,10-17H2,1-3H3;3H,1H2,2H3/b19-9+;. The molecule has 2 atom stereocenters. The number of thioether (sulfide) groups is 1. The third-order valence-electron chi connectivity index (χ3n) is 7.52. The van der Waals surface area contributed by atoms with Crippen LogP contribution in [0.4, 0.5) is 0 Å². The Balaban J connectivity index is 0.000000968. The lowest BCUT2D eigenvalue weighted by molar-refractivity contribution is -0.134. The summed E-state index contributed by atoms with van der Waals surface area (Å²) in [6, 6.07) is 0.803. The molecule has 0 aromatic carbocycles. The quantitative estimate of drug-likeness (QED) is 0.535. The van der Waals surface area contributed by atoms with E-state index in [-0.39, 0.29) is 0 Å². The Hall–Kier alpha value is -1.24. The Morgan fingerprint density at radius 3 is 2.55 bits per heavy atom. The van der Waals surface area contributed by atoms with Crippen LogP contribution in [0.25, 0.3) is 0 Å². The van der Waals surface area contributed by atoms with Gasteiger partial charge in [-0.25, -0.2) is 0 Å². The van der Waals surface area contributed by atoms with E-state index in [9.17, 15) is 4.79 Å². The van der Waals surface area contributed by atoms with Crippen LogP contribution in [0.1, 0.15) is 66.2 Å². The molecule has 3 aliphatic heterocycles. The lowest BCUT2D eigenvalue weighted by Crippen LogP contribution is -2.55. The third-order valence-corrected chi connectivity index (χ3v) is 8.90. The first-order valence-corrected chi connectivity index (χ1v) is 14.0. The van der Waals surface area contributed by atoms with Crippen molar-refractivity contribution in [3.63, 3.8) is 0 Å². The summed E-state index contributed by atoms with van der Waals surface area (Å²) < 4.78 is 0. The molecule has 4 aliphatic rings. The molecule has 0 radical (unpaired) electrons. The van der Waals surface area contributed by atoms with Gasteiger partial charge in [-0.2, -0.15) is 0 Å². The zero-order chi connectivity index (χ0) is 23.8. The average Bonchev–Trinajstić information content (AvgIpc) is 3.20. The van der Waals surface area contributed by atoms with Crippen LogP contribution in [-0.2, 0) is 4.79 Å². The van der Waals surface area contributed by atoms with E-state index in [0.29, 0.717) is 17.8 Å². The second-order valence-corrected chi connectivity index (χ2v) is 11.3. The molecule has 2 unspecified atom stereocenters. The predicted molar refractivity (Wildman–Crippen MR) is 142 cm³/mol. The Labute approximate surface area is 206 Å². The average molecular weight is 475 g/mol. The van der Waals surface area contributed by atoms with Gasteiger partial charge in [-0.3, -0.25) is 14.6 Å². The van der Waals surface area contributed by atoms with Crippen LogP contribution in [0.5, 0.6) is 0 Å². The van der Waals surface area contributed by atoms with E-state index in [2.05, 4.69) is 53.4 Å². The molecule has 1 saturated heterocycles. The lowest BCUT2D eigenvalue weighted by Gasteiger charge is -2.43. The number of piperazine rings is 1. The molecule has 0 spiro atoms. The van der Waals surface area contributed by atoms with Gasteiger partial charge in [0, 0.05) is 62.3 Å². The summed E-state index contributed by atoms with van der Waals surface area (Å²) in [5.41, 5.74) is 2.86. The fraction of sp³-hybridized carbons (Fsp3) is 0.741. The molecule has 186 valence electrons. The van der Waals surface area contributed by atoms with Crippen LogP contribution < -0.4 is 5.32 Å². The molecule has 2 fully saturated rings. The van der Waals surface area contributed by atoms with Gasteiger partial charge in [-0.15, -0.1) is 6.58 Å². The highest BCUT2D eigenvalue weighted by Crippen LogP contribution is 2.38. The van der Waals surface area contributed by atoms with E-state index in [1.165, 1.54) is 48.3 Å². The van der Waals surface area contributed by atoms with Crippen LogP contribution in [0.2, 0.25) is 0 Å². The normalized spacial score (nSPS) is 25.5. The van der Waals surface area contributed by atoms with Crippen molar-refractivity contribution in [2.75, 3.05) is 45.8 Å². The van der Waals surface area contributed by atoms with Crippen molar-refractivity contribution < 1.29 is 4.79 Å². The first kappa shape index (κ1) is 26.4. The van der Waals surface area contributed by atoms with Gasteiger partial charge in [0.2, 0.25) is 5.91 Å². The van der Waals surface area contributed by atoms with Crippen molar-refractivity contribution >= 4 is 17.7 Å². The third kappa shape index (κ3) is 7.37. The molecular weight excluding hydrogens is 428 g/mol. The molecule has 33 heavy (non-hydrogen) atoms. The second-order valence-electron chi connectivity index (χ2n) is 10.1. The van der Waals surface area contributed by atoms with Crippen LogP contribution in [0.3, 0.4) is 0 Å². The number of rotatable bonds is 7. The Bertz CT molecular complexity index is 722. The molecule has 3 heterocycles. The highest BCUT2D eigenvalue weighted by molar-refractivity contribution is 8.04. The minimum atomic E-state index is 0.324. The van der Waals surface area contributed by atoms with Crippen molar-refractivity contribution in [1.82, 2.24) is 20.0 Å². The highest BCUT2D eigenvalue weighted by atomic mass is 32.2. The maximum absolute atomic E-state index is 12.9. The zero-order valence-corrected chi connectivity index (χ0v) is 22.3. The highest BCUT2D eigenvalue weighted by Gasteiger charge is 2.32. The van der Waals surface area contributed by atoms with Crippen LogP contribution in [-0.4, -0.2) is 77.8 Å². The maximum atomic E-state index is 12.9. The number of nitrogens with zero attached hydrogens (tertiary/aromatic N) is 3. The fourth-order valence-corrected chi connectivity index (χ4v) is 6.09. The number of allylic oxidation sites excluding steroid dienone is 2. The summed E-state index contributed by atoms with van der Waals surface area (Å²) >= 11 is 1.97. The molecule has 0 aromatic rings. The smallest absolute Gasteiger partial charge is 0.236 e. The summed E-state index contributed by atoms with van der Waals surface area (Å²) in [4.78, 5) is 21.4. The van der Waals surface area contributed by atoms with E-state index in [1.807, 2.05) is 18.7 Å². The van der Waals surface area contributed by atoms with Crippen molar-refractivity contribution in [3.05, 3.63) is 34.9 Å². The second kappa shape index (κ2) is 13.0. The number of carbonyl (C=O) groups excluding carboxylic acids is 1. The van der Waals surface area contributed by atoms with E-state index in [1.54, 1.807) is 6.08 Å².